The van der Waals surface area contributed by atoms with Gasteiger partial charge in [0.2, 0.25) is 5.91 Å². The third-order valence-corrected chi connectivity index (χ3v) is 5.27. The van der Waals surface area contributed by atoms with Gasteiger partial charge in [-0.25, -0.2) is 0 Å². The lowest BCUT2D eigenvalue weighted by Crippen LogP contribution is -2.35. The van der Waals surface area contributed by atoms with Crippen molar-refractivity contribution >= 4 is 17.7 Å². The molecule has 0 atom stereocenters. The summed E-state index contributed by atoms with van der Waals surface area (Å²) < 4.78 is 7.26. The van der Waals surface area contributed by atoms with Crippen molar-refractivity contribution in [2.24, 2.45) is 0 Å². The number of morpholine rings is 1. The molecule has 2 aromatic heterocycles. The monoisotopic (exact) mass is 417 g/mol. The first-order valence-corrected chi connectivity index (χ1v) is 10.6. The molecule has 7 heteroatoms. The Hall–Kier alpha value is -3.29. The van der Waals surface area contributed by atoms with Crippen LogP contribution in [0.3, 0.4) is 0 Å². The van der Waals surface area contributed by atoms with E-state index in [0.717, 1.165) is 61.8 Å². The van der Waals surface area contributed by atoms with Gasteiger partial charge in [0, 0.05) is 67.7 Å². The number of ether oxygens (including phenoxy) is 1. The Bertz CT molecular complexity index is 1040. The third-order valence-electron chi connectivity index (χ3n) is 5.27. The molecule has 1 saturated heterocycles. The standard InChI is InChI=1S/C24H27N5O2/c1-2-29-18-21(16-26-29)23-9-10-25-15-20(23)5-8-24(30)27-22-6-3-19(4-7-22)17-28-11-13-31-14-12-28/h3-10,15-16,18H,2,11-14,17H2,1H3,(H,27,30). The van der Waals surface area contributed by atoms with Crippen molar-refractivity contribution < 1.29 is 9.53 Å². The molecule has 1 fully saturated rings. The van der Waals surface area contributed by atoms with E-state index in [1.54, 1.807) is 18.5 Å². The maximum absolute atomic E-state index is 12.4. The molecule has 0 spiro atoms. The minimum absolute atomic E-state index is 0.181. The molecular weight excluding hydrogens is 390 g/mol. The Labute approximate surface area is 182 Å². The molecule has 0 aliphatic carbocycles. The number of anilines is 1. The average Bonchev–Trinajstić information content (AvgIpc) is 3.29. The van der Waals surface area contributed by atoms with Crippen molar-refractivity contribution in [3.63, 3.8) is 0 Å². The van der Waals surface area contributed by atoms with Crippen molar-refractivity contribution in [2.75, 3.05) is 31.6 Å². The number of pyridine rings is 1. The molecule has 31 heavy (non-hydrogen) atoms. The van der Waals surface area contributed by atoms with Gasteiger partial charge in [-0.15, -0.1) is 0 Å². The van der Waals surface area contributed by atoms with Gasteiger partial charge in [0.15, 0.2) is 0 Å². The summed E-state index contributed by atoms with van der Waals surface area (Å²) in [7, 11) is 0. The number of hydrogen-bond donors (Lipinski definition) is 1. The molecule has 1 aliphatic rings. The van der Waals surface area contributed by atoms with Gasteiger partial charge in [-0.2, -0.15) is 5.10 Å². The summed E-state index contributed by atoms with van der Waals surface area (Å²) in [6.07, 6.45) is 10.6. The van der Waals surface area contributed by atoms with Gasteiger partial charge in [0.05, 0.1) is 19.4 Å². The Morgan fingerprint density at radius 3 is 2.71 bits per heavy atom. The van der Waals surface area contributed by atoms with Gasteiger partial charge in [0.1, 0.15) is 0 Å². The van der Waals surface area contributed by atoms with E-state index >= 15 is 0 Å². The first-order valence-electron chi connectivity index (χ1n) is 10.6. The maximum Gasteiger partial charge on any atom is 0.248 e. The highest BCUT2D eigenvalue weighted by Crippen LogP contribution is 2.23. The lowest BCUT2D eigenvalue weighted by Gasteiger charge is -2.26. The van der Waals surface area contributed by atoms with E-state index in [2.05, 4.69) is 32.4 Å². The molecule has 1 N–H and O–H groups in total. The van der Waals surface area contributed by atoms with Gasteiger partial charge in [-0.3, -0.25) is 19.4 Å². The van der Waals surface area contributed by atoms with Crippen LogP contribution in [-0.4, -0.2) is 51.9 Å². The number of nitrogens with zero attached hydrogens (tertiary/aromatic N) is 4. The van der Waals surface area contributed by atoms with E-state index in [4.69, 9.17) is 4.74 Å². The summed E-state index contributed by atoms with van der Waals surface area (Å²) in [5.41, 5.74) is 4.86. The lowest BCUT2D eigenvalue weighted by atomic mass is 10.0. The Kier molecular flexibility index (Phi) is 6.86. The van der Waals surface area contributed by atoms with Gasteiger partial charge >= 0.3 is 0 Å². The van der Waals surface area contributed by atoms with Crippen LogP contribution in [0, 0.1) is 0 Å². The van der Waals surface area contributed by atoms with Crippen molar-refractivity contribution in [1.29, 1.82) is 0 Å². The molecule has 7 nitrogen and oxygen atoms in total. The number of aromatic nitrogens is 3. The number of benzene rings is 1. The number of carbonyl (C=O) groups is 1. The predicted molar refractivity (Wildman–Crippen MR) is 121 cm³/mol. The maximum atomic E-state index is 12.4. The molecule has 4 rings (SSSR count). The molecule has 1 amide bonds. The molecule has 1 aromatic carbocycles. The third kappa shape index (κ3) is 5.65. The number of carbonyl (C=O) groups excluding carboxylic acids is 1. The average molecular weight is 418 g/mol. The van der Waals surface area contributed by atoms with Crippen LogP contribution in [0.1, 0.15) is 18.1 Å². The minimum Gasteiger partial charge on any atom is -0.379 e. The Morgan fingerprint density at radius 2 is 1.97 bits per heavy atom. The highest BCUT2D eigenvalue weighted by atomic mass is 16.5. The van der Waals surface area contributed by atoms with E-state index < -0.39 is 0 Å². The molecule has 0 bridgehead atoms. The smallest absolute Gasteiger partial charge is 0.248 e. The molecule has 160 valence electrons. The van der Waals surface area contributed by atoms with Gasteiger partial charge in [-0.1, -0.05) is 12.1 Å². The summed E-state index contributed by atoms with van der Waals surface area (Å²) in [5, 5.41) is 7.25. The van der Waals surface area contributed by atoms with Gasteiger partial charge < -0.3 is 10.1 Å². The van der Waals surface area contributed by atoms with Crippen molar-refractivity contribution in [1.82, 2.24) is 19.7 Å². The summed E-state index contributed by atoms with van der Waals surface area (Å²) in [6, 6.07) is 9.92. The second kappa shape index (κ2) is 10.1. The predicted octanol–water partition coefficient (Wildman–Crippen LogP) is 3.45. The molecule has 3 heterocycles. The zero-order chi connectivity index (χ0) is 21.5. The fraction of sp³-hybridized carbons (Fsp3) is 0.292. The number of aryl methyl sites for hydroxylation is 1. The fourth-order valence-corrected chi connectivity index (χ4v) is 3.54. The van der Waals surface area contributed by atoms with E-state index in [9.17, 15) is 4.79 Å². The summed E-state index contributed by atoms with van der Waals surface area (Å²) in [4.78, 5) is 19.0. The van der Waals surface area contributed by atoms with E-state index in [1.807, 2.05) is 42.2 Å². The van der Waals surface area contributed by atoms with Crippen molar-refractivity contribution in [3.05, 3.63) is 72.3 Å². The second-order valence-electron chi connectivity index (χ2n) is 7.46. The zero-order valence-electron chi connectivity index (χ0n) is 17.7. The number of rotatable bonds is 7. The summed E-state index contributed by atoms with van der Waals surface area (Å²) in [6.45, 7) is 7.25. The van der Waals surface area contributed by atoms with Crippen LogP contribution in [-0.2, 0) is 22.6 Å². The molecule has 3 aromatic rings. The van der Waals surface area contributed by atoms with Crippen LogP contribution < -0.4 is 5.32 Å². The first-order chi connectivity index (χ1) is 15.2. The summed E-state index contributed by atoms with van der Waals surface area (Å²) >= 11 is 0. The highest BCUT2D eigenvalue weighted by Gasteiger charge is 2.11. The first kappa shape index (κ1) is 21.0. The largest absolute Gasteiger partial charge is 0.379 e. The zero-order valence-corrected chi connectivity index (χ0v) is 17.7. The topological polar surface area (TPSA) is 72.3 Å². The molecule has 0 saturated carbocycles. The summed E-state index contributed by atoms with van der Waals surface area (Å²) in [5.74, 6) is -0.181. The number of amides is 1. The van der Waals surface area contributed by atoms with Crippen LogP contribution in [0.2, 0.25) is 0 Å². The van der Waals surface area contributed by atoms with Gasteiger partial charge in [0.25, 0.3) is 0 Å². The SMILES string of the molecule is CCn1cc(-c2ccncc2C=CC(=O)Nc2ccc(CN3CCOCC3)cc2)cn1. The van der Waals surface area contributed by atoms with Gasteiger partial charge in [-0.05, 0) is 42.3 Å². The lowest BCUT2D eigenvalue weighted by molar-refractivity contribution is -0.111. The second-order valence-corrected chi connectivity index (χ2v) is 7.46. The van der Waals surface area contributed by atoms with Crippen LogP contribution in [0.5, 0.6) is 0 Å². The highest BCUT2D eigenvalue weighted by molar-refractivity contribution is 6.02. The van der Waals surface area contributed by atoms with E-state index in [1.165, 1.54) is 11.6 Å². The van der Waals surface area contributed by atoms with Crippen molar-refractivity contribution in [2.45, 2.75) is 20.0 Å². The van der Waals surface area contributed by atoms with Crippen molar-refractivity contribution in [3.8, 4) is 11.1 Å². The number of hydrogen-bond acceptors (Lipinski definition) is 5. The molecule has 0 unspecified atom stereocenters. The quantitative estimate of drug-likeness (QED) is 0.596. The van der Waals surface area contributed by atoms with Crippen LogP contribution in [0.15, 0.2) is 61.2 Å². The molecule has 0 radical (unpaired) electrons. The minimum atomic E-state index is -0.181. The number of nitrogens with one attached hydrogen (secondary N) is 1. The van der Waals surface area contributed by atoms with Crippen LogP contribution in [0.4, 0.5) is 5.69 Å². The van der Waals surface area contributed by atoms with Crippen LogP contribution in [0.25, 0.3) is 17.2 Å². The fourth-order valence-electron chi connectivity index (χ4n) is 3.54. The van der Waals surface area contributed by atoms with E-state index in [-0.39, 0.29) is 5.91 Å². The Morgan fingerprint density at radius 1 is 1.16 bits per heavy atom. The molecule has 1 aliphatic heterocycles. The Balaban J connectivity index is 1.37. The van der Waals surface area contributed by atoms with E-state index in [0.29, 0.717) is 0 Å². The van der Waals surface area contributed by atoms with Crippen LogP contribution >= 0.6 is 0 Å². The molecular formula is C24H27N5O2. The normalized spacial score (nSPS) is 14.7.